The molecule has 2 saturated heterocycles. The molecule has 0 atom stereocenters. The molecule has 3 rings (SSSR count). The molecular weight excluding hydrogens is 224 g/mol. The first-order valence-electron chi connectivity index (χ1n) is 6.03. The molecule has 1 spiro atoms. The van der Waals surface area contributed by atoms with Gasteiger partial charge in [-0.1, -0.05) is 6.08 Å². The second kappa shape index (κ2) is 5.04. The minimum absolute atomic E-state index is 0.120. The highest BCUT2D eigenvalue weighted by Crippen LogP contribution is 2.30. The third kappa shape index (κ3) is 2.53. The van der Waals surface area contributed by atoms with Gasteiger partial charge in [0.15, 0.2) is 6.29 Å². The average Bonchev–Trinajstić information content (AvgIpc) is 2.42. The molecule has 0 amide bonds. The van der Waals surface area contributed by atoms with Crippen molar-refractivity contribution in [2.75, 3.05) is 46.4 Å². The second-order valence-electron chi connectivity index (χ2n) is 4.89. The SMILES string of the molecule is C1=C(C2OCC3(COCOC3)CO2)COCC1. The molecule has 96 valence electrons. The minimum atomic E-state index is -0.247. The van der Waals surface area contributed by atoms with Gasteiger partial charge in [0, 0.05) is 5.57 Å². The molecule has 0 radical (unpaired) electrons. The molecule has 2 fully saturated rings. The van der Waals surface area contributed by atoms with Gasteiger partial charge in [0.2, 0.25) is 0 Å². The van der Waals surface area contributed by atoms with Crippen LogP contribution in [0, 0.1) is 5.41 Å². The second-order valence-corrected chi connectivity index (χ2v) is 4.89. The quantitative estimate of drug-likeness (QED) is 0.633. The van der Waals surface area contributed by atoms with Gasteiger partial charge in [0.05, 0.1) is 45.1 Å². The zero-order chi connectivity index (χ0) is 11.6. The Bertz CT molecular complexity index is 285. The predicted octanol–water partition coefficient (Wildman–Crippen LogP) is 0.697. The molecule has 0 bridgehead atoms. The predicted molar refractivity (Wildman–Crippen MR) is 58.4 cm³/mol. The molecule has 5 nitrogen and oxygen atoms in total. The van der Waals surface area contributed by atoms with Crippen LogP contribution < -0.4 is 0 Å². The summed E-state index contributed by atoms with van der Waals surface area (Å²) < 4.78 is 27.6. The summed E-state index contributed by atoms with van der Waals surface area (Å²) in [6, 6.07) is 0. The van der Waals surface area contributed by atoms with Crippen molar-refractivity contribution < 1.29 is 23.7 Å². The van der Waals surface area contributed by atoms with Gasteiger partial charge in [-0.05, 0) is 6.42 Å². The first-order valence-corrected chi connectivity index (χ1v) is 6.03. The molecule has 0 saturated carbocycles. The Morgan fingerprint density at radius 1 is 1.00 bits per heavy atom. The van der Waals surface area contributed by atoms with Crippen molar-refractivity contribution in [3.05, 3.63) is 11.6 Å². The monoisotopic (exact) mass is 242 g/mol. The zero-order valence-electron chi connectivity index (χ0n) is 9.85. The maximum atomic E-state index is 5.78. The molecule has 17 heavy (non-hydrogen) atoms. The van der Waals surface area contributed by atoms with Crippen molar-refractivity contribution in [3.8, 4) is 0 Å². The van der Waals surface area contributed by atoms with Crippen molar-refractivity contribution in [2.45, 2.75) is 12.7 Å². The van der Waals surface area contributed by atoms with Gasteiger partial charge in [-0.2, -0.15) is 0 Å². The lowest BCUT2D eigenvalue weighted by Gasteiger charge is -2.42. The molecule has 0 aliphatic carbocycles. The Morgan fingerprint density at radius 3 is 2.41 bits per heavy atom. The van der Waals surface area contributed by atoms with Crippen LogP contribution in [0.3, 0.4) is 0 Å². The summed E-state index contributed by atoms with van der Waals surface area (Å²) in [6.07, 6.45) is 2.85. The minimum Gasteiger partial charge on any atom is -0.377 e. The first kappa shape index (κ1) is 11.6. The zero-order valence-corrected chi connectivity index (χ0v) is 9.85. The van der Waals surface area contributed by atoms with Gasteiger partial charge in [-0.3, -0.25) is 0 Å². The van der Waals surface area contributed by atoms with Crippen molar-refractivity contribution in [3.63, 3.8) is 0 Å². The van der Waals surface area contributed by atoms with Gasteiger partial charge in [0.25, 0.3) is 0 Å². The van der Waals surface area contributed by atoms with Crippen LogP contribution in [0.5, 0.6) is 0 Å². The summed E-state index contributed by atoms with van der Waals surface area (Å²) in [7, 11) is 0. The summed E-state index contributed by atoms with van der Waals surface area (Å²) in [5.41, 5.74) is 0.980. The highest BCUT2D eigenvalue weighted by molar-refractivity contribution is 5.09. The Kier molecular flexibility index (Phi) is 3.44. The van der Waals surface area contributed by atoms with Crippen molar-refractivity contribution in [2.24, 2.45) is 5.41 Å². The van der Waals surface area contributed by atoms with Crippen molar-refractivity contribution in [1.82, 2.24) is 0 Å². The molecule has 0 N–H and O–H groups in total. The maximum absolute atomic E-state index is 5.78. The average molecular weight is 242 g/mol. The fourth-order valence-electron chi connectivity index (χ4n) is 2.33. The van der Waals surface area contributed by atoms with Gasteiger partial charge in [-0.15, -0.1) is 0 Å². The van der Waals surface area contributed by atoms with Crippen LogP contribution in [-0.4, -0.2) is 52.7 Å². The maximum Gasteiger partial charge on any atom is 0.182 e. The highest BCUT2D eigenvalue weighted by Gasteiger charge is 2.40. The van der Waals surface area contributed by atoms with Crippen LogP contribution in [0.4, 0.5) is 0 Å². The smallest absolute Gasteiger partial charge is 0.182 e. The van der Waals surface area contributed by atoms with E-state index in [9.17, 15) is 0 Å². The van der Waals surface area contributed by atoms with E-state index in [1.807, 2.05) is 0 Å². The van der Waals surface area contributed by atoms with Crippen LogP contribution >= 0.6 is 0 Å². The largest absolute Gasteiger partial charge is 0.377 e. The van der Waals surface area contributed by atoms with E-state index in [4.69, 9.17) is 23.7 Å². The van der Waals surface area contributed by atoms with Crippen LogP contribution in [0.2, 0.25) is 0 Å². The number of rotatable bonds is 1. The fraction of sp³-hybridized carbons (Fsp3) is 0.833. The molecule has 0 unspecified atom stereocenters. The summed E-state index contributed by atoms with van der Waals surface area (Å²) >= 11 is 0. The van der Waals surface area contributed by atoms with E-state index in [0.717, 1.165) is 18.6 Å². The van der Waals surface area contributed by atoms with Crippen LogP contribution in [-0.2, 0) is 23.7 Å². The third-order valence-corrected chi connectivity index (χ3v) is 3.31. The molecule has 3 aliphatic rings. The Labute approximate surface area is 101 Å². The lowest BCUT2D eigenvalue weighted by molar-refractivity contribution is -0.270. The molecule has 0 aromatic heterocycles. The molecule has 0 aromatic rings. The lowest BCUT2D eigenvalue weighted by Crippen LogP contribution is -2.50. The lowest BCUT2D eigenvalue weighted by atomic mass is 9.91. The van der Waals surface area contributed by atoms with Crippen LogP contribution in [0.15, 0.2) is 11.6 Å². The number of ether oxygens (including phenoxy) is 5. The number of hydrogen-bond acceptors (Lipinski definition) is 5. The molecular formula is C12H18O5. The molecule has 0 aromatic carbocycles. The Balaban J connectivity index is 1.57. The molecule has 5 heteroatoms. The highest BCUT2D eigenvalue weighted by atomic mass is 16.7. The number of hydrogen-bond donors (Lipinski definition) is 0. The fourth-order valence-corrected chi connectivity index (χ4v) is 2.33. The van der Waals surface area contributed by atoms with E-state index in [-0.39, 0.29) is 11.7 Å². The van der Waals surface area contributed by atoms with E-state index in [2.05, 4.69) is 6.08 Å². The van der Waals surface area contributed by atoms with Gasteiger partial charge >= 0.3 is 0 Å². The van der Waals surface area contributed by atoms with E-state index >= 15 is 0 Å². The normalized spacial score (nSPS) is 30.2. The van der Waals surface area contributed by atoms with Gasteiger partial charge < -0.3 is 23.7 Å². The van der Waals surface area contributed by atoms with E-state index in [0.29, 0.717) is 39.8 Å². The first-order chi connectivity index (χ1) is 8.38. The van der Waals surface area contributed by atoms with Gasteiger partial charge in [-0.25, -0.2) is 0 Å². The topological polar surface area (TPSA) is 46.2 Å². The third-order valence-electron chi connectivity index (χ3n) is 3.31. The summed E-state index contributed by atoms with van der Waals surface area (Å²) in [6.45, 7) is 4.32. The van der Waals surface area contributed by atoms with E-state index in [1.165, 1.54) is 0 Å². The summed E-state index contributed by atoms with van der Waals surface area (Å²) in [4.78, 5) is 0. The van der Waals surface area contributed by atoms with Crippen LogP contribution in [0.25, 0.3) is 0 Å². The summed E-state index contributed by atoms with van der Waals surface area (Å²) in [5.74, 6) is 0. The Hall–Kier alpha value is -0.460. The molecule has 3 heterocycles. The van der Waals surface area contributed by atoms with E-state index < -0.39 is 0 Å². The van der Waals surface area contributed by atoms with Gasteiger partial charge in [0.1, 0.15) is 6.79 Å². The molecule has 3 aliphatic heterocycles. The van der Waals surface area contributed by atoms with E-state index in [1.54, 1.807) is 0 Å². The standard InChI is InChI=1S/C12H18O5/c1-2-10(4-13-3-1)11-16-7-12(8-17-11)5-14-9-15-6-12/h2,11H,1,3-9H2. The van der Waals surface area contributed by atoms with Crippen molar-refractivity contribution >= 4 is 0 Å². The van der Waals surface area contributed by atoms with Crippen molar-refractivity contribution in [1.29, 1.82) is 0 Å². The Morgan fingerprint density at radius 2 is 1.76 bits per heavy atom. The van der Waals surface area contributed by atoms with Crippen LogP contribution in [0.1, 0.15) is 6.42 Å². The summed E-state index contributed by atoms with van der Waals surface area (Å²) in [5, 5.41) is 0.